The van der Waals surface area contributed by atoms with Crippen LogP contribution in [0.15, 0.2) is 4.52 Å². The number of nitrogens with zero attached hydrogens (tertiary/aromatic N) is 5. The Balaban J connectivity index is 1.82. The van der Waals surface area contributed by atoms with Crippen molar-refractivity contribution < 1.29 is 9.32 Å². The normalized spacial score (nSPS) is 17.7. The Morgan fingerprint density at radius 1 is 1.32 bits per heavy atom. The standard InChI is InChI=1S/C17H32N6O2/c1-6-23-11-8-17(9-12-23,21(3)4)13-18-16(24)22(5)10-7-15-19-14(2)25-20-15/h6-13H2,1-5H3,(H,18,24). The number of hydrogen-bond donors (Lipinski definition) is 1. The number of aryl methyl sites for hydroxylation is 1. The number of rotatable bonds is 7. The molecule has 8 heteroatoms. The van der Waals surface area contributed by atoms with Gasteiger partial charge in [0.15, 0.2) is 5.82 Å². The van der Waals surface area contributed by atoms with Gasteiger partial charge in [0.2, 0.25) is 5.89 Å². The van der Waals surface area contributed by atoms with Gasteiger partial charge >= 0.3 is 6.03 Å². The summed E-state index contributed by atoms with van der Waals surface area (Å²) in [4.78, 5) is 23.0. The molecular formula is C17H32N6O2. The smallest absolute Gasteiger partial charge is 0.317 e. The van der Waals surface area contributed by atoms with Crippen LogP contribution in [-0.2, 0) is 6.42 Å². The quantitative estimate of drug-likeness (QED) is 0.788. The van der Waals surface area contributed by atoms with Crippen molar-refractivity contribution in [1.82, 2.24) is 30.2 Å². The summed E-state index contributed by atoms with van der Waals surface area (Å²) < 4.78 is 4.95. The molecule has 1 saturated heterocycles. The zero-order chi connectivity index (χ0) is 18.4. The molecule has 0 bridgehead atoms. The summed E-state index contributed by atoms with van der Waals surface area (Å²) >= 11 is 0. The average molecular weight is 352 g/mol. The van der Waals surface area contributed by atoms with Crippen molar-refractivity contribution in [1.29, 1.82) is 0 Å². The molecule has 0 aromatic carbocycles. The molecule has 1 fully saturated rings. The average Bonchev–Trinajstić information content (AvgIpc) is 3.03. The second-order valence-electron chi connectivity index (χ2n) is 7.11. The third-order valence-corrected chi connectivity index (χ3v) is 5.34. The molecule has 142 valence electrons. The number of carbonyl (C=O) groups is 1. The summed E-state index contributed by atoms with van der Waals surface area (Å²) in [5, 5.41) is 6.97. The highest BCUT2D eigenvalue weighted by atomic mass is 16.5. The Labute approximate surface area is 150 Å². The lowest BCUT2D eigenvalue weighted by Crippen LogP contribution is -2.59. The van der Waals surface area contributed by atoms with Crippen molar-refractivity contribution in [3.63, 3.8) is 0 Å². The minimum absolute atomic E-state index is 0.0347. The Kier molecular flexibility index (Phi) is 6.78. The highest BCUT2D eigenvalue weighted by Crippen LogP contribution is 2.26. The SMILES string of the molecule is CCN1CCC(CNC(=O)N(C)CCc2noc(C)n2)(N(C)C)CC1. The third-order valence-electron chi connectivity index (χ3n) is 5.34. The van der Waals surface area contributed by atoms with E-state index >= 15 is 0 Å². The van der Waals surface area contributed by atoms with E-state index in [1.165, 1.54) is 0 Å². The summed E-state index contributed by atoms with van der Waals surface area (Å²) in [7, 11) is 6.01. The monoisotopic (exact) mass is 352 g/mol. The molecule has 1 aliphatic rings. The van der Waals surface area contributed by atoms with Crippen LogP contribution >= 0.6 is 0 Å². The van der Waals surface area contributed by atoms with E-state index in [-0.39, 0.29) is 11.6 Å². The molecule has 2 amide bonds. The van der Waals surface area contributed by atoms with Gasteiger partial charge in [0.05, 0.1) is 0 Å². The number of hydrogen-bond acceptors (Lipinski definition) is 6. The molecule has 8 nitrogen and oxygen atoms in total. The van der Waals surface area contributed by atoms with Gasteiger partial charge in [-0.3, -0.25) is 0 Å². The maximum Gasteiger partial charge on any atom is 0.317 e. The number of amides is 2. The topological polar surface area (TPSA) is 77.7 Å². The van der Waals surface area contributed by atoms with Gasteiger partial charge < -0.3 is 24.5 Å². The number of likely N-dealkylation sites (tertiary alicyclic amines) is 1. The Morgan fingerprint density at radius 3 is 2.52 bits per heavy atom. The number of piperidine rings is 1. The summed E-state index contributed by atoms with van der Waals surface area (Å²) in [6, 6.07) is -0.0561. The zero-order valence-electron chi connectivity index (χ0n) is 16.2. The van der Waals surface area contributed by atoms with Crippen LogP contribution in [0.5, 0.6) is 0 Å². The van der Waals surface area contributed by atoms with Gasteiger partial charge in [-0.05, 0) is 46.6 Å². The van der Waals surface area contributed by atoms with E-state index in [2.05, 4.69) is 46.3 Å². The fourth-order valence-electron chi connectivity index (χ4n) is 3.25. The summed E-state index contributed by atoms with van der Waals surface area (Å²) in [6.45, 7) is 8.44. The molecule has 1 N–H and O–H groups in total. The highest BCUT2D eigenvalue weighted by Gasteiger charge is 2.36. The van der Waals surface area contributed by atoms with Crippen LogP contribution in [-0.4, -0.2) is 90.3 Å². The molecule has 0 radical (unpaired) electrons. The Hall–Kier alpha value is -1.67. The van der Waals surface area contributed by atoms with E-state index in [4.69, 9.17) is 4.52 Å². The van der Waals surface area contributed by atoms with E-state index in [1.807, 2.05) is 0 Å². The number of aromatic nitrogens is 2. The van der Waals surface area contributed by atoms with Crippen LogP contribution in [0.4, 0.5) is 4.79 Å². The number of likely N-dealkylation sites (N-methyl/N-ethyl adjacent to an activating group) is 2. The van der Waals surface area contributed by atoms with Crippen molar-refractivity contribution in [3.8, 4) is 0 Å². The van der Waals surface area contributed by atoms with Crippen molar-refractivity contribution in [3.05, 3.63) is 11.7 Å². The number of urea groups is 1. The van der Waals surface area contributed by atoms with Crippen molar-refractivity contribution in [2.45, 2.75) is 38.6 Å². The Morgan fingerprint density at radius 2 is 2.00 bits per heavy atom. The van der Waals surface area contributed by atoms with Gasteiger partial charge in [-0.25, -0.2) is 4.79 Å². The zero-order valence-corrected chi connectivity index (χ0v) is 16.2. The minimum Gasteiger partial charge on any atom is -0.340 e. The Bertz CT molecular complexity index is 551. The maximum atomic E-state index is 12.4. The summed E-state index contributed by atoms with van der Waals surface area (Å²) in [6.07, 6.45) is 2.73. The lowest BCUT2D eigenvalue weighted by molar-refractivity contribution is 0.0589. The number of carbonyl (C=O) groups excluding carboxylic acids is 1. The molecule has 25 heavy (non-hydrogen) atoms. The molecule has 2 heterocycles. The van der Waals surface area contributed by atoms with Crippen LogP contribution in [0.25, 0.3) is 0 Å². The first kappa shape index (κ1) is 19.7. The van der Waals surface area contributed by atoms with E-state index in [9.17, 15) is 4.79 Å². The van der Waals surface area contributed by atoms with Crippen LogP contribution in [0.3, 0.4) is 0 Å². The van der Waals surface area contributed by atoms with Gasteiger partial charge in [0.1, 0.15) is 0 Å². The summed E-state index contributed by atoms with van der Waals surface area (Å²) in [5.41, 5.74) is 0.0347. The van der Waals surface area contributed by atoms with Gasteiger partial charge in [0.25, 0.3) is 0 Å². The minimum atomic E-state index is -0.0561. The predicted octanol–water partition coefficient (Wildman–Crippen LogP) is 0.978. The summed E-state index contributed by atoms with van der Waals surface area (Å²) in [5.74, 6) is 1.18. The van der Waals surface area contributed by atoms with Crippen LogP contribution in [0.1, 0.15) is 31.5 Å². The van der Waals surface area contributed by atoms with E-state index in [0.29, 0.717) is 31.2 Å². The fraction of sp³-hybridized carbons (Fsp3) is 0.824. The molecule has 0 spiro atoms. The fourth-order valence-corrected chi connectivity index (χ4v) is 3.25. The van der Waals surface area contributed by atoms with Crippen LogP contribution in [0.2, 0.25) is 0 Å². The van der Waals surface area contributed by atoms with Crippen molar-refractivity contribution in [2.24, 2.45) is 0 Å². The predicted molar refractivity (Wildman–Crippen MR) is 96.5 cm³/mol. The number of nitrogens with one attached hydrogen (secondary N) is 1. The van der Waals surface area contributed by atoms with Gasteiger partial charge in [-0.1, -0.05) is 12.1 Å². The van der Waals surface area contributed by atoms with Crippen molar-refractivity contribution >= 4 is 6.03 Å². The first-order valence-electron chi connectivity index (χ1n) is 9.04. The highest BCUT2D eigenvalue weighted by molar-refractivity contribution is 5.73. The first-order valence-corrected chi connectivity index (χ1v) is 9.04. The molecule has 0 unspecified atom stereocenters. The van der Waals surface area contributed by atoms with Crippen LogP contribution in [0, 0.1) is 6.92 Å². The lowest BCUT2D eigenvalue weighted by Gasteiger charge is -2.46. The molecule has 1 aromatic heterocycles. The van der Waals surface area contributed by atoms with E-state index in [1.54, 1.807) is 18.9 Å². The molecule has 1 aliphatic heterocycles. The second-order valence-corrected chi connectivity index (χ2v) is 7.11. The lowest BCUT2D eigenvalue weighted by atomic mass is 9.86. The molecular weight excluding hydrogens is 320 g/mol. The molecule has 1 aromatic rings. The van der Waals surface area contributed by atoms with Gasteiger partial charge in [-0.15, -0.1) is 0 Å². The van der Waals surface area contributed by atoms with E-state index < -0.39 is 0 Å². The molecule has 0 aliphatic carbocycles. The van der Waals surface area contributed by atoms with E-state index in [0.717, 1.165) is 32.5 Å². The van der Waals surface area contributed by atoms with Gasteiger partial charge in [-0.2, -0.15) is 4.98 Å². The second kappa shape index (κ2) is 8.62. The molecule has 2 rings (SSSR count). The maximum absolute atomic E-state index is 12.4. The molecule has 0 atom stereocenters. The molecule has 0 saturated carbocycles. The van der Waals surface area contributed by atoms with Crippen molar-refractivity contribution in [2.75, 3.05) is 53.9 Å². The first-order chi connectivity index (χ1) is 11.9. The van der Waals surface area contributed by atoms with Gasteiger partial charge in [0, 0.05) is 39.0 Å². The third kappa shape index (κ3) is 5.15. The largest absolute Gasteiger partial charge is 0.340 e. The van der Waals surface area contributed by atoms with Crippen LogP contribution < -0.4 is 5.32 Å².